The van der Waals surface area contributed by atoms with Crippen LogP contribution in [0.4, 0.5) is 0 Å². The van der Waals surface area contributed by atoms with Gasteiger partial charge in [-0.2, -0.15) is 0 Å². The zero-order valence-corrected chi connectivity index (χ0v) is 13.3. The van der Waals surface area contributed by atoms with Crippen molar-refractivity contribution in [3.63, 3.8) is 0 Å². The number of aromatic nitrogens is 2. The maximum atomic E-state index is 11.9. The van der Waals surface area contributed by atoms with Crippen LogP contribution in [-0.4, -0.2) is 28.6 Å². The number of H-pyrrole nitrogens is 1. The van der Waals surface area contributed by atoms with Gasteiger partial charge in [0.2, 0.25) is 5.91 Å². The van der Waals surface area contributed by atoms with Gasteiger partial charge >= 0.3 is 0 Å². The highest BCUT2D eigenvalue weighted by molar-refractivity contribution is 5.80. The molecule has 0 saturated carbocycles. The fourth-order valence-electron chi connectivity index (χ4n) is 1.96. The van der Waals surface area contributed by atoms with Gasteiger partial charge in [-0.05, 0) is 24.0 Å². The van der Waals surface area contributed by atoms with Crippen LogP contribution in [0.5, 0.6) is 0 Å². The van der Waals surface area contributed by atoms with Crippen LogP contribution in [-0.2, 0) is 16.1 Å². The minimum absolute atomic E-state index is 0.0849. The fourth-order valence-corrected chi connectivity index (χ4v) is 1.96. The molecule has 0 fully saturated rings. The summed E-state index contributed by atoms with van der Waals surface area (Å²) in [6.45, 7) is 6.99. The van der Waals surface area contributed by atoms with Gasteiger partial charge in [0.15, 0.2) is 0 Å². The molecule has 1 aromatic carbocycles. The van der Waals surface area contributed by atoms with E-state index in [9.17, 15) is 4.79 Å². The van der Waals surface area contributed by atoms with Crippen LogP contribution in [0.15, 0.2) is 36.8 Å². The van der Waals surface area contributed by atoms with Gasteiger partial charge in [-0.25, -0.2) is 4.98 Å². The molecular weight excluding hydrogens is 278 g/mol. The van der Waals surface area contributed by atoms with Gasteiger partial charge in [-0.1, -0.05) is 38.1 Å². The first-order valence-corrected chi connectivity index (χ1v) is 7.53. The van der Waals surface area contributed by atoms with E-state index in [2.05, 4.69) is 29.1 Å². The van der Waals surface area contributed by atoms with E-state index in [-0.39, 0.29) is 5.91 Å². The van der Waals surface area contributed by atoms with Crippen molar-refractivity contribution >= 4 is 5.91 Å². The summed E-state index contributed by atoms with van der Waals surface area (Å²) in [7, 11) is 0. The van der Waals surface area contributed by atoms with Crippen molar-refractivity contribution in [2.45, 2.75) is 33.4 Å². The number of benzene rings is 1. The highest BCUT2D eigenvalue weighted by atomic mass is 16.5. The van der Waals surface area contributed by atoms with Gasteiger partial charge in [0, 0.05) is 13.2 Å². The third-order valence-corrected chi connectivity index (χ3v) is 3.28. The molecule has 2 aromatic rings. The molecule has 0 aliphatic rings. The summed E-state index contributed by atoms with van der Waals surface area (Å²) in [5.41, 5.74) is 3.10. The largest absolute Gasteiger partial charge is 0.368 e. The standard InChI is InChI=1S/C17H23N3O2/c1-12(2)10-22-13(3)17(21)19-8-14-4-6-15(7-5-14)16-9-18-11-20-16/h4-7,9,11-13H,8,10H2,1-3H3,(H,18,20)(H,19,21). The van der Waals surface area contributed by atoms with Crippen molar-refractivity contribution in [2.24, 2.45) is 5.92 Å². The summed E-state index contributed by atoms with van der Waals surface area (Å²) in [5, 5.41) is 2.89. The lowest BCUT2D eigenvalue weighted by molar-refractivity contribution is -0.132. The summed E-state index contributed by atoms with van der Waals surface area (Å²) in [5.74, 6) is 0.337. The number of nitrogens with zero attached hydrogens (tertiary/aromatic N) is 1. The maximum Gasteiger partial charge on any atom is 0.249 e. The molecule has 0 radical (unpaired) electrons. The minimum atomic E-state index is -0.424. The third kappa shape index (κ3) is 4.70. The molecule has 1 heterocycles. The van der Waals surface area contributed by atoms with Gasteiger partial charge in [-0.3, -0.25) is 4.79 Å². The average molecular weight is 301 g/mol. The van der Waals surface area contributed by atoms with Crippen molar-refractivity contribution in [3.05, 3.63) is 42.4 Å². The first kappa shape index (κ1) is 16.2. The number of hydrogen-bond donors (Lipinski definition) is 2. The van der Waals surface area contributed by atoms with E-state index in [1.807, 2.05) is 24.3 Å². The van der Waals surface area contributed by atoms with Crippen LogP contribution in [0.2, 0.25) is 0 Å². The SMILES string of the molecule is CC(C)COC(C)C(=O)NCc1ccc(-c2cnc[nH]2)cc1. The van der Waals surface area contributed by atoms with E-state index in [0.717, 1.165) is 16.8 Å². The summed E-state index contributed by atoms with van der Waals surface area (Å²) in [6, 6.07) is 8.01. The number of amides is 1. The molecule has 2 rings (SSSR count). The zero-order chi connectivity index (χ0) is 15.9. The number of carbonyl (C=O) groups is 1. The van der Waals surface area contributed by atoms with Crippen molar-refractivity contribution in [1.29, 1.82) is 0 Å². The lowest BCUT2D eigenvalue weighted by Crippen LogP contribution is -2.34. The molecule has 1 unspecified atom stereocenters. The molecule has 1 atom stereocenters. The van der Waals surface area contributed by atoms with Crippen molar-refractivity contribution in [3.8, 4) is 11.3 Å². The topological polar surface area (TPSA) is 67.0 Å². The van der Waals surface area contributed by atoms with Gasteiger partial charge in [-0.15, -0.1) is 0 Å². The highest BCUT2D eigenvalue weighted by Gasteiger charge is 2.13. The number of hydrogen-bond acceptors (Lipinski definition) is 3. The Morgan fingerprint density at radius 1 is 1.27 bits per heavy atom. The molecule has 0 bridgehead atoms. The second kappa shape index (κ2) is 7.75. The second-order valence-corrected chi connectivity index (χ2v) is 5.75. The van der Waals surface area contributed by atoms with E-state index in [1.165, 1.54) is 0 Å². The van der Waals surface area contributed by atoms with Crippen molar-refractivity contribution < 1.29 is 9.53 Å². The lowest BCUT2D eigenvalue weighted by Gasteiger charge is -2.15. The molecule has 0 aliphatic heterocycles. The Labute approximate surface area is 131 Å². The molecule has 1 amide bonds. The van der Waals surface area contributed by atoms with Crippen molar-refractivity contribution in [1.82, 2.24) is 15.3 Å². The van der Waals surface area contributed by atoms with Gasteiger partial charge < -0.3 is 15.0 Å². The van der Waals surface area contributed by atoms with Crippen LogP contribution < -0.4 is 5.32 Å². The number of imidazole rings is 1. The van der Waals surface area contributed by atoms with Crippen LogP contribution in [0.1, 0.15) is 26.3 Å². The highest BCUT2D eigenvalue weighted by Crippen LogP contribution is 2.16. The average Bonchev–Trinajstić information content (AvgIpc) is 3.05. The third-order valence-electron chi connectivity index (χ3n) is 3.28. The number of aromatic amines is 1. The molecule has 22 heavy (non-hydrogen) atoms. The minimum Gasteiger partial charge on any atom is -0.368 e. The Hall–Kier alpha value is -2.14. The molecule has 0 spiro atoms. The summed E-state index contributed by atoms with van der Waals surface area (Å²) in [4.78, 5) is 19.0. The molecule has 2 N–H and O–H groups in total. The van der Waals surface area contributed by atoms with Gasteiger partial charge in [0.25, 0.3) is 0 Å². The molecule has 5 heteroatoms. The van der Waals surface area contributed by atoms with Crippen LogP contribution in [0, 0.1) is 5.92 Å². The number of carbonyl (C=O) groups excluding carboxylic acids is 1. The maximum absolute atomic E-state index is 11.9. The lowest BCUT2D eigenvalue weighted by atomic mass is 10.1. The van der Waals surface area contributed by atoms with Crippen LogP contribution >= 0.6 is 0 Å². The van der Waals surface area contributed by atoms with E-state index < -0.39 is 6.10 Å². The first-order chi connectivity index (χ1) is 10.6. The van der Waals surface area contributed by atoms with E-state index >= 15 is 0 Å². The quantitative estimate of drug-likeness (QED) is 0.826. The van der Waals surface area contributed by atoms with Crippen molar-refractivity contribution in [2.75, 3.05) is 6.61 Å². The Balaban J connectivity index is 1.82. The Morgan fingerprint density at radius 2 is 2.00 bits per heavy atom. The number of nitrogens with one attached hydrogen (secondary N) is 2. The number of rotatable bonds is 7. The summed E-state index contributed by atoms with van der Waals surface area (Å²) in [6.07, 6.45) is 3.01. The molecule has 1 aromatic heterocycles. The molecule has 5 nitrogen and oxygen atoms in total. The predicted octanol–water partition coefficient (Wildman–Crippen LogP) is 2.75. The van der Waals surface area contributed by atoms with E-state index in [4.69, 9.17) is 4.74 Å². The Kier molecular flexibility index (Phi) is 5.72. The molecule has 118 valence electrons. The summed E-state index contributed by atoms with van der Waals surface area (Å²) < 4.78 is 5.50. The molecule has 0 aliphatic carbocycles. The fraction of sp³-hybridized carbons (Fsp3) is 0.412. The Morgan fingerprint density at radius 3 is 2.59 bits per heavy atom. The number of ether oxygens (including phenoxy) is 1. The van der Waals surface area contributed by atoms with Gasteiger partial charge in [0.1, 0.15) is 6.10 Å². The normalized spacial score (nSPS) is 12.4. The smallest absolute Gasteiger partial charge is 0.249 e. The van der Waals surface area contributed by atoms with Gasteiger partial charge in [0.05, 0.1) is 18.2 Å². The molecule has 0 saturated heterocycles. The summed E-state index contributed by atoms with van der Waals surface area (Å²) >= 11 is 0. The van der Waals surface area contributed by atoms with E-state index in [1.54, 1.807) is 19.4 Å². The van der Waals surface area contributed by atoms with Crippen LogP contribution in [0.3, 0.4) is 0 Å². The predicted molar refractivity (Wildman–Crippen MR) is 86.1 cm³/mol. The Bertz CT molecular complexity index is 576. The first-order valence-electron chi connectivity index (χ1n) is 7.53. The monoisotopic (exact) mass is 301 g/mol. The van der Waals surface area contributed by atoms with Crippen LogP contribution in [0.25, 0.3) is 11.3 Å². The molecular formula is C17H23N3O2. The second-order valence-electron chi connectivity index (χ2n) is 5.75. The van der Waals surface area contributed by atoms with E-state index in [0.29, 0.717) is 19.1 Å². The zero-order valence-electron chi connectivity index (χ0n) is 13.3.